The molecule has 0 aromatic heterocycles. The van der Waals surface area contributed by atoms with E-state index >= 15 is 0 Å². The van der Waals surface area contributed by atoms with Gasteiger partial charge < -0.3 is 4.90 Å². The average molecular weight is 417 g/mol. The number of sulfonamides is 1. The number of anilines is 1. The maximum Gasteiger partial charge on any atom is 0.260 e. The number of nitrogens with one attached hydrogen (secondary N) is 1. The number of hydrogen-bond acceptors (Lipinski definition) is 5. The second-order valence-electron chi connectivity index (χ2n) is 5.76. The fourth-order valence-corrected chi connectivity index (χ4v) is 3.42. The molecule has 0 bridgehead atoms. The van der Waals surface area contributed by atoms with Gasteiger partial charge in [0.1, 0.15) is 6.54 Å². The number of carbonyl (C=O) groups excluding carboxylic acids is 1. The van der Waals surface area contributed by atoms with Crippen LogP contribution in [0.2, 0.25) is 0 Å². The number of amides is 1. The number of likely N-dealkylation sites (tertiary alicyclic amines) is 1. The van der Waals surface area contributed by atoms with Gasteiger partial charge in [0.05, 0.1) is 11.9 Å². The lowest BCUT2D eigenvalue weighted by Crippen LogP contribution is -2.39. The first-order chi connectivity index (χ1) is 11.3. The van der Waals surface area contributed by atoms with Gasteiger partial charge in [-0.15, -0.1) is 0 Å². The molecule has 1 aromatic carbocycles. The van der Waals surface area contributed by atoms with E-state index in [0.717, 1.165) is 46.7 Å². The van der Waals surface area contributed by atoms with Crippen molar-refractivity contribution in [3.63, 3.8) is 0 Å². The highest BCUT2D eigenvalue weighted by atomic mass is 79.9. The fraction of sp³-hybridized carbons (Fsp3) is 0.467. The van der Waals surface area contributed by atoms with E-state index in [1.54, 1.807) is 24.3 Å². The molecular formula is C15H21BrN4O3S. The van der Waals surface area contributed by atoms with Gasteiger partial charge in [-0.2, -0.15) is 5.10 Å². The Kier molecular flexibility index (Phi) is 6.36. The van der Waals surface area contributed by atoms with E-state index in [0.29, 0.717) is 5.69 Å². The van der Waals surface area contributed by atoms with Gasteiger partial charge in [0.15, 0.2) is 0 Å². The first-order valence-corrected chi connectivity index (χ1v) is 10.2. The summed E-state index contributed by atoms with van der Waals surface area (Å²) in [5.74, 6) is -0.463. The predicted molar refractivity (Wildman–Crippen MR) is 98.6 cm³/mol. The second-order valence-corrected chi connectivity index (χ2v) is 8.58. The van der Waals surface area contributed by atoms with Crippen LogP contribution >= 0.6 is 15.9 Å². The van der Waals surface area contributed by atoms with Gasteiger partial charge in [-0.3, -0.25) is 9.10 Å². The minimum Gasteiger partial charge on any atom is -0.306 e. The van der Waals surface area contributed by atoms with Gasteiger partial charge in [0, 0.05) is 36.1 Å². The van der Waals surface area contributed by atoms with E-state index < -0.39 is 15.9 Å². The van der Waals surface area contributed by atoms with Gasteiger partial charge in [-0.1, -0.05) is 15.9 Å². The summed E-state index contributed by atoms with van der Waals surface area (Å²) in [6.45, 7) is 1.50. The molecule has 0 radical (unpaired) electrons. The molecule has 0 atom stereocenters. The topological polar surface area (TPSA) is 82.1 Å². The maximum absolute atomic E-state index is 12.1. The molecular weight excluding hydrogens is 396 g/mol. The molecule has 9 heteroatoms. The third-order valence-electron chi connectivity index (χ3n) is 3.71. The van der Waals surface area contributed by atoms with Crippen molar-refractivity contribution in [2.45, 2.75) is 12.8 Å². The third-order valence-corrected chi connectivity index (χ3v) is 5.37. The molecule has 1 amide bonds. The van der Waals surface area contributed by atoms with E-state index in [-0.39, 0.29) is 6.54 Å². The molecule has 1 aliphatic heterocycles. The summed E-state index contributed by atoms with van der Waals surface area (Å²) in [5.41, 5.74) is 3.83. The van der Waals surface area contributed by atoms with Crippen LogP contribution in [-0.4, -0.2) is 57.9 Å². The van der Waals surface area contributed by atoms with E-state index in [4.69, 9.17) is 0 Å². The van der Waals surface area contributed by atoms with Crippen molar-refractivity contribution in [2.75, 3.05) is 37.2 Å². The fourth-order valence-electron chi connectivity index (χ4n) is 2.30. The molecule has 0 saturated carbocycles. The standard InChI is InChI=1S/C15H21BrN4O3S/c1-19-9-7-13(8-10-19)17-18-15(21)11-20(24(2,22)23)14-5-3-12(16)4-6-14/h3-6H,7-11H2,1-2H3,(H,18,21). The summed E-state index contributed by atoms with van der Waals surface area (Å²) in [7, 11) is -1.54. The molecule has 1 fully saturated rings. The maximum atomic E-state index is 12.1. The molecule has 0 aliphatic carbocycles. The first kappa shape index (κ1) is 18.9. The number of benzene rings is 1. The van der Waals surface area contributed by atoms with E-state index in [9.17, 15) is 13.2 Å². The lowest BCUT2D eigenvalue weighted by Gasteiger charge is -2.23. The summed E-state index contributed by atoms with van der Waals surface area (Å²) in [6.07, 6.45) is 2.68. The minimum absolute atomic E-state index is 0.308. The summed E-state index contributed by atoms with van der Waals surface area (Å²) >= 11 is 3.30. The van der Waals surface area contributed by atoms with Gasteiger partial charge >= 0.3 is 0 Å². The molecule has 132 valence electrons. The highest BCUT2D eigenvalue weighted by Crippen LogP contribution is 2.20. The summed E-state index contributed by atoms with van der Waals surface area (Å²) < 4.78 is 25.9. The highest BCUT2D eigenvalue weighted by Gasteiger charge is 2.21. The number of hydrazone groups is 1. The molecule has 7 nitrogen and oxygen atoms in total. The van der Waals surface area contributed by atoms with Crippen LogP contribution in [-0.2, 0) is 14.8 Å². The molecule has 1 N–H and O–H groups in total. The minimum atomic E-state index is -3.57. The van der Waals surface area contributed by atoms with Crippen LogP contribution in [0.1, 0.15) is 12.8 Å². The van der Waals surface area contributed by atoms with Crippen molar-refractivity contribution in [1.29, 1.82) is 0 Å². The van der Waals surface area contributed by atoms with Crippen molar-refractivity contribution in [2.24, 2.45) is 5.10 Å². The van der Waals surface area contributed by atoms with Gasteiger partial charge in [0.25, 0.3) is 5.91 Å². The van der Waals surface area contributed by atoms with E-state index in [1.807, 2.05) is 7.05 Å². The molecule has 0 unspecified atom stereocenters. The highest BCUT2D eigenvalue weighted by molar-refractivity contribution is 9.10. The Morgan fingerprint density at radius 3 is 2.42 bits per heavy atom. The Bertz CT molecular complexity index is 709. The van der Waals surface area contributed by atoms with Crippen molar-refractivity contribution in [3.8, 4) is 0 Å². The first-order valence-electron chi connectivity index (χ1n) is 7.52. The van der Waals surface area contributed by atoms with Gasteiger partial charge in [0.2, 0.25) is 10.0 Å². The summed E-state index contributed by atoms with van der Waals surface area (Å²) in [4.78, 5) is 14.3. The zero-order valence-corrected chi connectivity index (χ0v) is 16.1. The van der Waals surface area contributed by atoms with Crippen molar-refractivity contribution in [1.82, 2.24) is 10.3 Å². The summed E-state index contributed by atoms with van der Waals surface area (Å²) in [5, 5.41) is 4.12. The van der Waals surface area contributed by atoms with Crippen LogP contribution in [0.25, 0.3) is 0 Å². The number of halogens is 1. The van der Waals surface area contributed by atoms with Crippen LogP contribution in [0, 0.1) is 0 Å². The van der Waals surface area contributed by atoms with Crippen molar-refractivity contribution in [3.05, 3.63) is 28.7 Å². The molecule has 24 heavy (non-hydrogen) atoms. The van der Waals surface area contributed by atoms with Gasteiger partial charge in [-0.05, 0) is 31.3 Å². The van der Waals surface area contributed by atoms with Gasteiger partial charge in [-0.25, -0.2) is 13.8 Å². The Balaban J connectivity index is 2.03. The number of rotatable bonds is 5. The molecule has 1 aliphatic rings. The molecule has 2 rings (SSSR count). The lowest BCUT2D eigenvalue weighted by atomic mass is 10.1. The average Bonchev–Trinajstić information content (AvgIpc) is 2.52. The van der Waals surface area contributed by atoms with E-state index in [2.05, 4.69) is 31.4 Å². The summed E-state index contributed by atoms with van der Waals surface area (Å²) in [6, 6.07) is 6.73. The quantitative estimate of drug-likeness (QED) is 0.735. The van der Waals surface area contributed by atoms with Crippen molar-refractivity contribution >= 4 is 43.3 Å². The Labute approximate surface area is 150 Å². The lowest BCUT2D eigenvalue weighted by molar-refractivity contribution is -0.119. The Morgan fingerprint density at radius 1 is 1.29 bits per heavy atom. The predicted octanol–water partition coefficient (Wildman–Crippen LogP) is 1.41. The van der Waals surface area contributed by atoms with E-state index in [1.165, 1.54) is 0 Å². The second kappa shape index (κ2) is 8.09. The molecule has 0 spiro atoms. The normalized spacial score (nSPS) is 15.9. The monoisotopic (exact) mass is 416 g/mol. The zero-order valence-electron chi connectivity index (χ0n) is 13.7. The molecule has 1 saturated heterocycles. The van der Waals surface area contributed by atoms with Crippen LogP contribution in [0.15, 0.2) is 33.8 Å². The van der Waals surface area contributed by atoms with Crippen molar-refractivity contribution < 1.29 is 13.2 Å². The van der Waals surface area contributed by atoms with Crippen LogP contribution < -0.4 is 9.73 Å². The van der Waals surface area contributed by atoms with Crippen LogP contribution in [0.3, 0.4) is 0 Å². The third kappa shape index (κ3) is 5.57. The number of nitrogens with zero attached hydrogens (tertiary/aromatic N) is 3. The smallest absolute Gasteiger partial charge is 0.260 e. The molecule has 1 aromatic rings. The SMILES string of the molecule is CN1CCC(=NNC(=O)CN(c2ccc(Br)cc2)S(C)(=O)=O)CC1. The Morgan fingerprint density at radius 2 is 1.88 bits per heavy atom. The van der Waals surface area contributed by atoms with Crippen LogP contribution in [0.4, 0.5) is 5.69 Å². The van der Waals surface area contributed by atoms with Crippen LogP contribution in [0.5, 0.6) is 0 Å². The zero-order chi connectivity index (χ0) is 17.7. The number of hydrogen-bond donors (Lipinski definition) is 1. The Hall–Kier alpha value is -1.45. The number of carbonyl (C=O) groups is 1. The largest absolute Gasteiger partial charge is 0.306 e. The number of piperidine rings is 1. The molecule has 1 heterocycles.